The fourth-order valence-corrected chi connectivity index (χ4v) is 2.89. The first kappa shape index (κ1) is 13.8. The van der Waals surface area contributed by atoms with Gasteiger partial charge in [-0.15, -0.1) is 0 Å². The average Bonchev–Trinajstić information content (AvgIpc) is 2.90. The minimum Gasteiger partial charge on any atom is -0.456 e. The second-order valence-electron chi connectivity index (χ2n) is 5.80. The normalized spacial score (nSPS) is 11.2. The van der Waals surface area contributed by atoms with Crippen LogP contribution in [0.2, 0.25) is 0 Å². The van der Waals surface area contributed by atoms with Crippen molar-refractivity contribution in [2.45, 2.75) is 13.5 Å². The zero-order chi connectivity index (χ0) is 15.8. The van der Waals surface area contributed by atoms with E-state index in [1.54, 1.807) is 6.07 Å². The molecule has 4 rings (SSSR count). The molecule has 0 aliphatic carbocycles. The van der Waals surface area contributed by atoms with Crippen molar-refractivity contribution in [3.8, 4) is 0 Å². The number of furan rings is 1. The topological polar surface area (TPSA) is 25.2 Å². The van der Waals surface area contributed by atoms with Crippen molar-refractivity contribution in [2.75, 3.05) is 5.32 Å². The van der Waals surface area contributed by atoms with E-state index in [4.69, 9.17) is 4.42 Å². The Morgan fingerprint density at radius 1 is 0.913 bits per heavy atom. The number of nitrogens with one attached hydrogen (secondary N) is 1. The van der Waals surface area contributed by atoms with Crippen LogP contribution in [0.15, 0.2) is 65.1 Å². The van der Waals surface area contributed by atoms with Crippen molar-refractivity contribution in [1.82, 2.24) is 0 Å². The molecule has 23 heavy (non-hydrogen) atoms. The Morgan fingerprint density at radius 2 is 1.70 bits per heavy atom. The number of fused-ring (bicyclic) bond motifs is 3. The van der Waals surface area contributed by atoms with Gasteiger partial charge in [0.15, 0.2) is 0 Å². The van der Waals surface area contributed by atoms with Gasteiger partial charge in [-0.3, -0.25) is 0 Å². The molecule has 0 saturated carbocycles. The zero-order valence-corrected chi connectivity index (χ0v) is 12.8. The van der Waals surface area contributed by atoms with Crippen LogP contribution in [0.25, 0.3) is 21.9 Å². The van der Waals surface area contributed by atoms with Gasteiger partial charge in [0.1, 0.15) is 17.0 Å². The SMILES string of the molecule is Cc1cccc(CNc2ccc3oc4ccc(F)cc4c3c2)c1. The molecule has 0 radical (unpaired) electrons. The molecule has 0 unspecified atom stereocenters. The number of hydrogen-bond acceptors (Lipinski definition) is 2. The summed E-state index contributed by atoms with van der Waals surface area (Å²) in [6.07, 6.45) is 0. The summed E-state index contributed by atoms with van der Waals surface area (Å²) >= 11 is 0. The van der Waals surface area contributed by atoms with Crippen LogP contribution < -0.4 is 5.32 Å². The summed E-state index contributed by atoms with van der Waals surface area (Å²) in [5.74, 6) is -0.252. The predicted molar refractivity (Wildman–Crippen MR) is 92.2 cm³/mol. The molecule has 114 valence electrons. The number of anilines is 1. The Labute approximate surface area is 133 Å². The number of hydrogen-bond donors (Lipinski definition) is 1. The summed E-state index contributed by atoms with van der Waals surface area (Å²) in [6.45, 7) is 2.83. The van der Waals surface area contributed by atoms with E-state index in [-0.39, 0.29) is 5.82 Å². The molecule has 3 heteroatoms. The molecule has 0 spiro atoms. The molecule has 1 heterocycles. The van der Waals surface area contributed by atoms with Gasteiger partial charge in [0.2, 0.25) is 0 Å². The van der Waals surface area contributed by atoms with Crippen LogP contribution in [0.4, 0.5) is 10.1 Å². The summed E-state index contributed by atoms with van der Waals surface area (Å²) in [5, 5.41) is 5.14. The lowest BCUT2D eigenvalue weighted by Crippen LogP contribution is -1.99. The Morgan fingerprint density at radius 3 is 2.52 bits per heavy atom. The lowest BCUT2D eigenvalue weighted by Gasteiger charge is -2.07. The largest absolute Gasteiger partial charge is 0.456 e. The van der Waals surface area contributed by atoms with Crippen molar-refractivity contribution in [3.05, 3.63) is 77.6 Å². The molecule has 0 atom stereocenters. The minimum atomic E-state index is -0.252. The van der Waals surface area contributed by atoms with Gasteiger partial charge in [0.05, 0.1) is 0 Å². The first-order valence-corrected chi connectivity index (χ1v) is 7.60. The smallest absolute Gasteiger partial charge is 0.135 e. The monoisotopic (exact) mass is 305 g/mol. The van der Waals surface area contributed by atoms with Gasteiger partial charge in [-0.05, 0) is 48.9 Å². The van der Waals surface area contributed by atoms with E-state index in [1.807, 2.05) is 18.2 Å². The molecular formula is C20H16FNO. The summed E-state index contributed by atoms with van der Waals surface area (Å²) in [4.78, 5) is 0. The first-order chi connectivity index (χ1) is 11.2. The van der Waals surface area contributed by atoms with Crippen molar-refractivity contribution in [2.24, 2.45) is 0 Å². The minimum absolute atomic E-state index is 0.252. The fraction of sp³-hybridized carbons (Fsp3) is 0.100. The maximum atomic E-state index is 13.5. The number of halogens is 1. The first-order valence-electron chi connectivity index (χ1n) is 7.60. The third-order valence-corrected chi connectivity index (χ3v) is 4.01. The lowest BCUT2D eigenvalue weighted by molar-refractivity contribution is 0.626. The second-order valence-corrected chi connectivity index (χ2v) is 5.80. The van der Waals surface area contributed by atoms with E-state index in [9.17, 15) is 4.39 Å². The van der Waals surface area contributed by atoms with Crippen LogP contribution in [0.1, 0.15) is 11.1 Å². The number of benzene rings is 3. The molecule has 1 aromatic heterocycles. The van der Waals surface area contributed by atoms with E-state index >= 15 is 0 Å². The molecule has 0 amide bonds. The van der Waals surface area contributed by atoms with Gasteiger partial charge in [-0.1, -0.05) is 29.8 Å². The van der Waals surface area contributed by atoms with Crippen LogP contribution in [-0.4, -0.2) is 0 Å². The van der Waals surface area contributed by atoms with Crippen molar-refractivity contribution in [3.63, 3.8) is 0 Å². The molecule has 0 fully saturated rings. The van der Waals surface area contributed by atoms with E-state index in [0.29, 0.717) is 5.58 Å². The van der Waals surface area contributed by atoms with Crippen LogP contribution >= 0.6 is 0 Å². The van der Waals surface area contributed by atoms with Gasteiger partial charge in [0.25, 0.3) is 0 Å². The van der Waals surface area contributed by atoms with Crippen LogP contribution in [0.3, 0.4) is 0 Å². The van der Waals surface area contributed by atoms with Crippen molar-refractivity contribution < 1.29 is 8.81 Å². The fourth-order valence-electron chi connectivity index (χ4n) is 2.89. The lowest BCUT2D eigenvalue weighted by atomic mass is 10.1. The van der Waals surface area contributed by atoms with E-state index in [1.165, 1.54) is 23.3 Å². The maximum absolute atomic E-state index is 13.5. The average molecular weight is 305 g/mol. The van der Waals surface area contributed by atoms with Gasteiger partial charge in [-0.2, -0.15) is 0 Å². The van der Waals surface area contributed by atoms with Gasteiger partial charge in [0, 0.05) is 23.0 Å². The molecule has 4 aromatic rings. The van der Waals surface area contributed by atoms with E-state index < -0.39 is 0 Å². The molecule has 1 N–H and O–H groups in total. The highest BCUT2D eigenvalue weighted by Gasteiger charge is 2.08. The summed E-state index contributed by atoms with van der Waals surface area (Å²) in [7, 11) is 0. The number of rotatable bonds is 3. The third-order valence-electron chi connectivity index (χ3n) is 4.01. The standard InChI is InChI=1S/C20H16FNO/c1-13-3-2-4-14(9-13)12-22-16-6-8-20-18(11-16)17-10-15(21)5-7-19(17)23-20/h2-11,22H,12H2,1H3. The molecular weight excluding hydrogens is 289 g/mol. The quantitative estimate of drug-likeness (QED) is 0.529. The summed E-state index contributed by atoms with van der Waals surface area (Å²) < 4.78 is 19.2. The van der Waals surface area contributed by atoms with Gasteiger partial charge < -0.3 is 9.73 Å². The van der Waals surface area contributed by atoms with Crippen molar-refractivity contribution >= 4 is 27.6 Å². The van der Waals surface area contributed by atoms with E-state index in [2.05, 4.69) is 36.5 Å². The molecule has 0 saturated heterocycles. The molecule has 0 bridgehead atoms. The zero-order valence-electron chi connectivity index (χ0n) is 12.8. The Balaban J connectivity index is 1.68. The van der Waals surface area contributed by atoms with Gasteiger partial charge in [-0.25, -0.2) is 4.39 Å². The van der Waals surface area contributed by atoms with Crippen LogP contribution in [-0.2, 0) is 6.54 Å². The predicted octanol–water partition coefficient (Wildman–Crippen LogP) is 5.65. The maximum Gasteiger partial charge on any atom is 0.135 e. The van der Waals surface area contributed by atoms with Gasteiger partial charge >= 0.3 is 0 Å². The summed E-state index contributed by atoms with van der Waals surface area (Å²) in [6, 6.07) is 18.9. The van der Waals surface area contributed by atoms with Crippen LogP contribution in [0, 0.1) is 12.7 Å². The highest BCUT2D eigenvalue weighted by atomic mass is 19.1. The highest BCUT2D eigenvalue weighted by molar-refractivity contribution is 6.05. The Hall–Kier alpha value is -2.81. The number of aryl methyl sites for hydroxylation is 1. The Kier molecular flexibility index (Phi) is 3.27. The van der Waals surface area contributed by atoms with Crippen LogP contribution in [0.5, 0.6) is 0 Å². The molecule has 0 aliphatic rings. The molecule has 2 nitrogen and oxygen atoms in total. The molecule has 3 aromatic carbocycles. The second kappa shape index (κ2) is 5.43. The third kappa shape index (κ3) is 2.66. The summed E-state index contributed by atoms with van der Waals surface area (Å²) in [5.41, 5.74) is 4.94. The van der Waals surface area contributed by atoms with E-state index in [0.717, 1.165) is 28.6 Å². The highest BCUT2D eigenvalue weighted by Crippen LogP contribution is 2.31. The Bertz CT molecular complexity index is 1000. The molecule has 0 aliphatic heterocycles. The van der Waals surface area contributed by atoms with Crippen molar-refractivity contribution in [1.29, 1.82) is 0 Å².